The van der Waals surface area contributed by atoms with Crippen LogP contribution in [-0.4, -0.2) is 11.6 Å². The van der Waals surface area contributed by atoms with E-state index >= 15 is 0 Å². The van der Waals surface area contributed by atoms with Crippen LogP contribution < -0.4 is 10.6 Å². The highest BCUT2D eigenvalue weighted by Gasteiger charge is 2.31. The van der Waals surface area contributed by atoms with E-state index in [-0.39, 0.29) is 11.6 Å². The average molecular weight is 559 g/mol. The van der Waals surface area contributed by atoms with Crippen molar-refractivity contribution in [1.82, 2.24) is 0 Å². The monoisotopic (exact) mass is 558 g/mol. The van der Waals surface area contributed by atoms with E-state index in [1.54, 1.807) is 12.1 Å². The van der Waals surface area contributed by atoms with Crippen LogP contribution in [0.15, 0.2) is 72.8 Å². The number of nitrogens with one attached hydrogen (secondary N) is 2. The summed E-state index contributed by atoms with van der Waals surface area (Å²) in [5.41, 5.74) is 10.3. The van der Waals surface area contributed by atoms with E-state index in [0.717, 1.165) is 22.7 Å². The summed E-state index contributed by atoms with van der Waals surface area (Å²) in [6.45, 7) is 17.6. The fraction of sp³-hybridized carbons (Fsp3) is 0.316. The van der Waals surface area contributed by atoms with Gasteiger partial charge in [-0.3, -0.25) is 9.59 Å². The fourth-order valence-corrected chi connectivity index (χ4v) is 6.01. The van der Waals surface area contributed by atoms with E-state index in [1.165, 1.54) is 22.3 Å². The SMILES string of the molecule is CC(C)c1cccc(C(C)C)c1Nc1cc2c(cc1Nc1c(C(C)C)cccc1C(C)C)C(=O)c1ccccc1C2=O. The first-order valence-corrected chi connectivity index (χ1v) is 15.2. The van der Waals surface area contributed by atoms with Crippen LogP contribution in [0.3, 0.4) is 0 Å². The van der Waals surface area contributed by atoms with Gasteiger partial charge < -0.3 is 10.6 Å². The van der Waals surface area contributed by atoms with Crippen molar-refractivity contribution in [3.63, 3.8) is 0 Å². The maximum atomic E-state index is 13.8. The minimum absolute atomic E-state index is 0.124. The van der Waals surface area contributed by atoms with Gasteiger partial charge in [-0.2, -0.15) is 0 Å². The lowest BCUT2D eigenvalue weighted by atomic mass is 9.83. The molecule has 2 N–H and O–H groups in total. The van der Waals surface area contributed by atoms with Crippen LogP contribution in [0.4, 0.5) is 22.7 Å². The molecule has 5 rings (SSSR count). The molecule has 1 aliphatic rings. The molecule has 0 saturated carbocycles. The molecule has 0 aliphatic heterocycles. The minimum atomic E-state index is -0.124. The highest BCUT2D eigenvalue weighted by Crippen LogP contribution is 2.42. The zero-order valence-electron chi connectivity index (χ0n) is 26.1. The average Bonchev–Trinajstić information content (AvgIpc) is 2.96. The van der Waals surface area contributed by atoms with Crippen molar-refractivity contribution in [2.75, 3.05) is 10.6 Å². The number of carbonyl (C=O) groups is 2. The second-order valence-corrected chi connectivity index (χ2v) is 12.6. The molecule has 0 radical (unpaired) electrons. The smallest absolute Gasteiger partial charge is 0.194 e. The minimum Gasteiger partial charge on any atom is -0.353 e. The largest absolute Gasteiger partial charge is 0.353 e. The summed E-state index contributed by atoms with van der Waals surface area (Å²) in [6, 6.07) is 23.8. The maximum absolute atomic E-state index is 13.8. The Bertz CT molecular complexity index is 1500. The van der Waals surface area contributed by atoms with Gasteiger partial charge in [0.1, 0.15) is 0 Å². The second-order valence-electron chi connectivity index (χ2n) is 12.6. The van der Waals surface area contributed by atoms with Crippen LogP contribution in [0.2, 0.25) is 0 Å². The Morgan fingerprint density at radius 3 is 1.02 bits per heavy atom. The van der Waals surface area contributed by atoms with Crippen molar-refractivity contribution >= 4 is 34.3 Å². The van der Waals surface area contributed by atoms with E-state index < -0.39 is 0 Å². The quantitative estimate of drug-likeness (QED) is 0.199. The summed E-state index contributed by atoms with van der Waals surface area (Å²) in [7, 11) is 0. The summed E-state index contributed by atoms with van der Waals surface area (Å²) >= 11 is 0. The van der Waals surface area contributed by atoms with E-state index in [4.69, 9.17) is 0 Å². The van der Waals surface area contributed by atoms with Crippen LogP contribution in [0.25, 0.3) is 0 Å². The van der Waals surface area contributed by atoms with Crippen molar-refractivity contribution in [3.8, 4) is 0 Å². The normalized spacial score (nSPS) is 12.8. The number of anilines is 4. The lowest BCUT2D eigenvalue weighted by Crippen LogP contribution is -2.21. The summed E-state index contributed by atoms with van der Waals surface area (Å²) in [6.07, 6.45) is 0. The fourth-order valence-electron chi connectivity index (χ4n) is 6.01. The molecule has 216 valence electrons. The van der Waals surface area contributed by atoms with Gasteiger partial charge >= 0.3 is 0 Å². The second kappa shape index (κ2) is 11.6. The highest BCUT2D eigenvalue weighted by atomic mass is 16.1. The Labute approximate surface area is 250 Å². The first kappa shape index (κ1) is 29.3. The van der Waals surface area contributed by atoms with E-state index in [2.05, 4.69) is 102 Å². The van der Waals surface area contributed by atoms with Gasteiger partial charge in [0.2, 0.25) is 0 Å². The molecule has 0 bridgehead atoms. The molecule has 0 aromatic heterocycles. The number of para-hydroxylation sites is 2. The van der Waals surface area contributed by atoms with E-state index in [1.807, 2.05) is 24.3 Å². The van der Waals surface area contributed by atoms with Gasteiger partial charge in [0.05, 0.1) is 11.4 Å². The molecule has 4 nitrogen and oxygen atoms in total. The Balaban J connectivity index is 1.76. The molecule has 0 saturated heterocycles. The third kappa shape index (κ3) is 5.27. The van der Waals surface area contributed by atoms with Gasteiger partial charge in [-0.1, -0.05) is 116 Å². The molecule has 4 heteroatoms. The highest BCUT2D eigenvalue weighted by molar-refractivity contribution is 6.29. The molecule has 0 unspecified atom stereocenters. The summed E-state index contributed by atoms with van der Waals surface area (Å²) in [5, 5.41) is 7.55. The molecule has 0 heterocycles. The van der Waals surface area contributed by atoms with Gasteiger partial charge in [0.25, 0.3) is 0 Å². The zero-order chi connectivity index (χ0) is 30.3. The lowest BCUT2D eigenvalue weighted by Gasteiger charge is -2.27. The molecule has 1 aliphatic carbocycles. The molecule has 4 aromatic rings. The topological polar surface area (TPSA) is 58.2 Å². The standard InChI is InChI=1S/C38H42N2O2/c1-21(2)25-15-11-16-26(22(3)4)35(25)39-33-19-31-32(38(42)30-14-10-9-13-29(30)37(31)41)20-34(33)40-36-27(23(5)6)17-12-18-28(36)24(7)8/h9-24,39-40H,1-8H3. The molecule has 0 amide bonds. The maximum Gasteiger partial charge on any atom is 0.194 e. The number of benzene rings is 4. The first-order chi connectivity index (χ1) is 20.0. The molecule has 0 spiro atoms. The Morgan fingerprint density at radius 1 is 0.429 bits per heavy atom. The number of hydrogen-bond acceptors (Lipinski definition) is 4. The number of ketones is 2. The van der Waals surface area contributed by atoms with Crippen LogP contribution in [-0.2, 0) is 0 Å². The van der Waals surface area contributed by atoms with Crippen LogP contribution in [0.1, 0.15) is 133 Å². The Morgan fingerprint density at radius 2 is 0.738 bits per heavy atom. The third-order valence-corrected chi connectivity index (χ3v) is 8.33. The molecule has 0 atom stereocenters. The zero-order valence-corrected chi connectivity index (χ0v) is 26.1. The van der Waals surface area contributed by atoms with Crippen LogP contribution >= 0.6 is 0 Å². The van der Waals surface area contributed by atoms with Gasteiger partial charge in [0.15, 0.2) is 11.6 Å². The predicted molar refractivity (Wildman–Crippen MR) is 176 cm³/mol. The number of fused-ring (bicyclic) bond motifs is 2. The molecule has 42 heavy (non-hydrogen) atoms. The molecular weight excluding hydrogens is 516 g/mol. The molecule has 0 fully saturated rings. The lowest BCUT2D eigenvalue weighted by molar-refractivity contribution is 0.0979. The van der Waals surface area contributed by atoms with Crippen molar-refractivity contribution in [1.29, 1.82) is 0 Å². The molecule has 4 aromatic carbocycles. The van der Waals surface area contributed by atoms with Gasteiger partial charge in [-0.15, -0.1) is 0 Å². The Kier molecular flexibility index (Phi) is 8.10. The number of carbonyl (C=O) groups excluding carboxylic acids is 2. The summed E-state index contributed by atoms with van der Waals surface area (Å²) < 4.78 is 0. The third-order valence-electron chi connectivity index (χ3n) is 8.33. The van der Waals surface area contributed by atoms with Gasteiger partial charge in [-0.25, -0.2) is 0 Å². The van der Waals surface area contributed by atoms with Crippen molar-refractivity contribution in [2.24, 2.45) is 0 Å². The van der Waals surface area contributed by atoms with E-state index in [0.29, 0.717) is 45.9 Å². The molecular formula is C38H42N2O2. The number of hydrogen-bond donors (Lipinski definition) is 2. The van der Waals surface area contributed by atoms with Crippen LogP contribution in [0, 0.1) is 0 Å². The van der Waals surface area contributed by atoms with Crippen molar-refractivity contribution in [3.05, 3.63) is 117 Å². The summed E-state index contributed by atoms with van der Waals surface area (Å²) in [5.74, 6) is 0.936. The van der Waals surface area contributed by atoms with Gasteiger partial charge in [0, 0.05) is 33.6 Å². The van der Waals surface area contributed by atoms with Crippen LogP contribution in [0.5, 0.6) is 0 Å². The summed E-state index contributed by atoms with van der Waals surface area (Å²) in [4.78, 5) is 27.5. The van der Waals surface area contributed by atoms with Crippen molar-refractivity contribution < 1.29 is 9.59 Å². The predicted octanol–water partition coefficient (Wildman–Crippen LogP) is 10.4. The Hall–Kier alpha value is -4.18. The number of rotatable bonds is 8. The van der Waals surface area contributed by atoms with Gasteiger partial charge in [-0.05, 0) is 58.1 Å². The first-order valence-electron chi connectivity index (χ1n) is 15.2. The van der Waals surface area contributed by atoms with E-state index in [9.17, 15) is 9.59 Å². The van der Waals surface area contributed by atoms with Crippen molar-refractivity contribution in [2.45, 2.75) is 79.1 Å².